The number of rotatable bonds is 3. The fourth-order valence-corrected chi connectivity index (χ4v) is 2.72. The molecule has 0 aliphatic heterocycles. The molecule has 3 heteroatoms. The van der Waals surface area contributed by atoms with Crippen molar-refractivity contribution in [2.24, 2.45) is 7.05 Å². The van der Waals surface area contributed by atoms with Crippen molar-refractivity contribution in [3.8, 4) is 0 Å². The zero-order chi connectivity index (χ0) is 11.7. The highest BCUT2D eigenvalue weighted by atomic mass is 32.1. The topological polar surface area (TPSA) is 17.0 Å². The summed E-state index contributed by atoms with van der Waals surface area (Å²) in [6.07, 6.45) is 4.20. The predicted octanol–water partition coefficient (Wildman–Crippen LogP) is 3.85. The van der Waals surface area contributed by atoms with Gasteiger partial charge in [-0.1, -0.05) is 0 Å². The van der Waals surface area contributed by atoms with Crippen molar-refractivity contribution < 1.29 is 0 Å². The summed E-state index contributed by atoms with van der Waals surface area (Å²) in [5, 5.41) is 6.89. The second-order valence-electron chi connectivity index (χ2n) is 4.21. The van der Waals surface area contributed by atoms with E-state index in [1.807, 2.05) is 7.05 Å². The summed E-state index contributed by atoms with van der Waals surface area (Å²) in [7, 11) is 2.04. The maximum atomic E-state index is 3.45. The number of nitrogens with zero attached hydrogens (tertiary/aromatic N) is 1. The van der Waals surface area contributed by atoms with E-state index in [4.69, 9.17) is 0 Å². The first-order valence-corrected chi connectivity index (χ1v) is 6.51. The largest absolute Gasteiger partial charge is 0.381 e. The summed E-state index contributed by atoms with van der Waals surface area (Å²) in [5.74, 6) is 0. The third-order valence-corrected chi connectivity index (χ3v) is 3.74. The number of aryl methyl sites for hydroxylation is 1. The molecule has 2 heterocycles. The van der Waals surface area contributed by atoms with Crippen molar-refractivity contribution in [2.75, 3.05) is 5.32 Å². The molecule has 0 atom stereocenters. The average Bonchev–Trinajstić information content (AvgIpc) is 2.94. The van der Waals surface area contributed by atoms with Crippen molar-refractivity contribution >= 4 is 27.1 Å². The van der Waals surface area contributed by atoms with E-state index >= 15 is 0 Å². The zero-order valence-corrected chi connectivity index (χ0v) is 10.5. The SMILES string of the molecule is Cn1ccc(CNc2ccc3sccc3c2)c1. The van der Waals surface area contributed by atoms with E-state index in [2.05, 4.69) is 58.0 Å². The molecule has 0 aliphatic carbocycles. The van der Waals surface area contributed by atoms with E-state index in [-0.39, 0.29) is 0 Å². The maximum Gasteiger partial charge on any atom is 0.0415 e. The molecule has 3 aromatic rings. The van der Waals surface area contributed by atoms with Crippen LogP contribution in [-0.4, -0.2) is 4.57 Å². The lowest BCUT2D eigenvalue weighted by Gasteiger charge is -2.05. The van der Waals surface area contributed by atoms with Crippen LogP contribution < -0.4 is 5.32 Å². The van der Waals surface area contributed by atoms with Gasteiger partial charge in [-0.15, -0.1) is 11.3 Å². The van der Waals surface area contributed by atoms with Gasteiger partial charge in [0.1, 0.15) is 0 Å². The molecule has 0 aliphatic rings. The summed E-state index contributed by atoms with van der Waals surface area (Å²) in [6.45, 7) is 0.872. The van der Waals surface area contributed by atoms with Crippen molar-refractivity contribution in [3.63, 3.8) is 0 Å². The van der Waals surface area contributed by atoms with Gasteiger partial charge in [0.2, 0.25) is 0 Å². The molecular weight excluding hydrogens is 228 g/mol. The number of aromatic nitrogens is 1. The van der Waals surface area contributed by atoms with Gasteiger partial charge in [-0.05, 0) is 46.7 Å². The Morgan fingerprint density at radius 2 is 2.18 bits per heavy atom. The molecule has 1 aromatic carbocycles. The van der Waals surface area contributed by atoms with Gasteiger partial charge in [-0.2, -0.15) is 0 Å². The first-order valence-electron chi connectivity index (χ1n) is 5.63. The van der Waals surface area contributed by atoms with Crippen molar-refractivity contribution in [1.82, 2.24) is 4.57 Å². The molecular formula is C14H14N2S. The first kappa shape index (κ1) is 10.4. The minimum absolute atomic E-state index is 0.872. The Morgan fingerprint density at radius 1 is 1.24 bits per heavy atom. The lowest BCUT2D eigenvalue weighted by atomic mass is 10.2. The number of hydrogen-bond donors (Lipinski definition) is 1. The number of fused-ring (bicyclic) bond motifs is 1. The van der Waals surface area contributed by atoms with Crippen LogP contribution in [0.2, 0.25) is 0 Å². The van der Waals surface area contributed by atoms with Gasteiger partial charge in [-0.3, -0.25) is 0 Å². The predicted molar refractivity (Wildman–Crippen MR) is 74.6 cm³/mol. The smallest absolute Gasteiger partial charge is 0.0415 e. The van der Waals surface area contributed by atoms with Crippen LogP contribution in [0.25, 0.3) is 10.1 Å². The highest BCUT2D eigenvalue weighted by molar-refractivity contribution is 7.17. The molecule has 0 fully saturated rings. The van der Waals surface area contributed by atoms with E-state index in [0.717, 1.165) is 6.54 Å². The van der Waals surface area contributed by atoms with Crippen LogP contribution in [0.15, 0.2) is 48.1 Å². The summed E-state index contributed by atoms with van der Waals surface area (Å²) in [6, 6.07) is 10.8. The Bertz CT molecular complexity index is 636. The molecule has 0 unspecified atom stereocenters. The number of benzene rings is 1. The lowest BCUT2D eigenvalue weighted by Crippen LogP contribution is -1.97. The molecule has 86 valence electrons. The highest BCUT2D eigenvalue weighted by Gasteiger charge is 1.98. The molecule has 1 N–H and O–H groups in total. The second-order valence-corrected chi connectivity index (χ2v) is 5.16. The maximum absolute atomic E-state index is 3.45. The Balaban J connectivity index is 1.76. The van der Waals surface area contributed by atoms with Crippen LogP contribution >= 0.6 is 11.3 Å². The minimum atomic E-state index is 0.872. The van der Waals surface area contributed by atoms with Gasteiger partial charge in [0.25, 0.3) is 0 Å². The van der Waals surface area contributed by atoms with Crippen LogP contribution in [0.4, 0.5) is 5.69 Å². The Hall–Kier alpha value is -1.74. The standard InChI is InChI=1S/C14H14N2S/c1-16-6-4-11(10-16)9-15-13-2-3-14-12(8-13)5-7-17-14/h2-8,10,15H,9H2,1H3. The van der Waals surface area contributed by atoms with Crippen molar-refractivity contribution in [3.05, 3.63) is 53.7 Å². The highest BCUT2D eigenvalue weighted by Crippen LogP contribution is 2.24. The van der Waals surface area contributed by atoms with Gasteiger partial charge in [0, 0.05) is 36.4 Å². The van der Waals surface area contributed by atoms with Crippen LogP contribution in [0.3, 0.4) is 0 Å². The van der Waals surface area contributed by atoms with Gasteiger partial charge < -0.3 is 9.88 Å². The molecule has 0 spiro atoms. The fraction of sp³-hybridized carbons (Fsp3) is 0.143. The van der Waals surface area contributed by atoms with Gasteiger partial charge in [-0.25, -0.2) is 0 Å². The Kier molecular flexibility index (Phi) is 2.61. The quantitative estimate of drug-likeness (QED) is 0.738. The molecule has 3 rings (SSSR count). The monoisotopic (exact) mass is 242 g/mol. The summed E-state index contributed by atoms with van der Waals surface area (Å²) < 4.78 is 3.41. The third kappa shape index (κ3) is 2.19. The first-order chi connectivity index (χ1) is 8.31. The van der Waals surface area contributed by atoms with E-state index in [1.54, 1.807) is 11.3 Å². The fourth-order valence-electron chi connectivity index (χ4n) is 1.95. The van der Waals surface area contributed by atoms with Crippen LogP contribution in [0, 0.1) is 0 Å². The Morgan fingerprint density at radius 3 is 3.00 bits per heavy atom. The minimum Gasteiger partial charge on any atom is -0.381 e. The van der Waals surface area contributed by atoms with E-state index in [1.165, 1.54) is 21.3 Å². The number of hydrogen-bond acceptors (Lipinski definition) is 2. The second kappa shape index (κ2) is 4.26. The molecule has 0 radical (unpaired) electrons. The summed E-state index contributed by atoms with van der Waals surface area (Å²) >= 11 is 1.78. The van der Waals surface area contributed by atoms with Crippen molar-refractivity contribution in [2.45, 2.75) is 6.54 Å². The molecule has 0 saturated carbocycles. The molecule has 2 aromatic heterocycles. The molecule has 2 nitrogen and oxygen atoms in total. The van der Waals surface area contributed by atoms with Crippen LogP contribution in [0.1, 0.15) is 5.56 Å². The zero-order valence-electron chi connectivity index (χ0n) is 9.68. The van der Waals surface area contributed by atoms with Crippen molar-refractivity contribution in [1.29, 1.82) is 0 Å². The van der Waals surface area contributed by atoms with Crippen LogP contribution in [0.5, 0.6) is 0 Å². The van der Waals surface area contributed by atoms with Gasteiger partial charge in [0.15, 0.2) is 0 Å². The number of nitrogens with one attached hydrogen (secondary N) is 1. The molecule has 0 bridgehead atoms. The summed E-state index contributed by atoms with van der Waals surface area (Å²) in [5.41, 5.74) is 2.48. The summed E-state index contributed by atoms with van der Waals surface area (Å²) in [4.78, 5) is 0. The lowest BCUT2D eigenvalue weighted by molar-refractivity contribution is 0.920. The van der Waals surface area contributed by atoms with E-state index < -0.39 is 0 Å². The van der Waals surface area contributed by atoms with Crippen LogP contribution in [-0.2, 0) is 13.6 Å². The normalized spacial score (nSPS) is 10.9. The van der Waals surface area contributed by atoms with E-state index in [0.29, 0.717) is 0 Å². The Labute approximate surface area is 105 Å². The van der Waals surface area contributed by atoms with E-state index in [9.17, 15) is 0 Å². The number of thiophene rings is 1. The molecule has 0 amide bonds. The third-order valence-electron chi connectivity index (χ3n) is 2.84. The van der Waals surface area contributed by atoms with Gasteiger partial charge >= 0.3 is 0 Å². The molecule has 17 heavy (non-hydrogen) atoms. The molecule has 0 saturated heterocycles. The average molecular weight is 242 g/mol. The van der Waals surface area contributed by atoms with Gasteiger partial charge in [0.05, 0.1) is 0 Å². The number of anilines is 1.